The lowest BCUT2D eigenvalue weighted by atomic mass is 9.80. The Morgan fingerprint density at radius 1 is 0.933 bits per heavy atom. The van der Waals surface area contributed by atoms with Crippen molar-refractivity contribution in [3.63, 3.8) is 0 Å². The fraction of sp³-hybridized carbons (Fsp3) is 0. The van der Waals surface area contributed by atoms with E-state index in [1.54, 1.807) is 0 Å². The zero-order valence-electron chi connectivity index (χ0n) is 7.69. The second-order valence-corrected chi connectivity index (χ2v) is 2.50. The molecule has 0 saturated heterocycles. The Morgan fingerprint density at radius 2 is 1.33 bits per heavy atom. The highest BCUT2D eigenvalue weighted by molar-refractivity contribution is 6.58. The van der Waals surface area contributed by atoms with E-state index in [4.69, 9.17) is 25.1 Å². The molecule has 0 aromatic heterocycles. The summed E-state index contributed by atoms with van der Waals surface area (Å²) in [7, 11) is -3.63. The van der Waals surface area contributed by atoms with E-state index in [0.29, 0.717) is 17.3 Å². The van der Waals surface area contributed by atoms with Crippen LogP contribution in [0.5, 0.6) is 0 Å². The first-order valence-corrected chi connectivity index (χ1v) is 3.93. The summed E-state index contributed by atoms with van der Waals surface area (Å²) in [6.07, 6.45) is 0.702. The van der Waals surface area contributed by atoms with Gasteiger partial charge in [-0.3, -0.25) is 4.79 Å². The summed E-state index contributed by atoms with van der Waals surface area (Å²) in [6, 6.07) is 6.05. The summed E-state index contributed by atoms with van der Waals surface area (Å²) < 4.78 is 0. The Hall–Kier alpha value is -1.18. The van der Waals surface area contributed by atoms with E-state index in [1.165, 1.54) is 24.3 Å². The lowest BCUT2D eigenvalue weighted by Crippen LogP contribution is -2.29. The van der Waals surface area contributed by atoms with Crippen molar-refractivity contribution in [3.8, 4) is 0 Å². The van der Waals surface area contributed by atoms with E-state index >= 15 is 0 Å². The number of rotatable bonds is 2. The number of hydrogen-bond donors (Lipinski definition) is 5. The second-order valence-electron chi connectivity index (χ2n) is 2.50. The van der Waals surface area contributed by atoms with Gasteiger partial charge in [0.2, 0.25) is 0 Å². The monoisotopic (exact) mass is 212 g/mol. The summed E-state index contributed by atoms with van der Waals surface area (Å²) in [4.78, 5) is 10.2. The van der Waals surface area contributed by atoms with Crippen LogP contribution >= 0.6 is 0 Å². The molecule has 5 N–H and O–H groups in total. The molecule has 0 saturated carbocycles. The molecule has 0 unspecified atom stereocenters. The third-order valence-electron chi connectivity index (χ3n) is 1.37. The van der Waals surface area contributed by atoms with Crippen molar-refractivity contribution >= 4 is 26.2 Å². The minimum absolute atomic E-state index is 0.385. The van der Waals surface area contributed by atoms with Gasteiger partial charge in [-0.05, 0) is 5.46 Å². The number of benzene rings is 1. The molecule has 0 aliphatic carbocycles. The molecule has 1 aromatic rings. The molecule has 0 amide bonds. The van der Waals surface area contributed by atoms with Crippen LogP contribution < -0.4 is 5.46 Å². The number of hydrogen-bond acceptors (Lipinski definition) is 6. The highest BCUT2D eigenvalue weighted by Gasteiger charge is 2.08. The van der Waals surface area contributed by atoms with Gasteiger partial charge in [0, 0.05) is 5.56 Å². The molecule has 0 atom stereocenters. The number of carbonyl (C=O) groups is 1. The summed E-state index contributed by atoms with van der Waals surface area (Å²) in [5.41, 5.74) is 0.907. The Kier molecular flexibility index (Phi) is 6.59. The van der Waals surface area contributed by atoms with E-state index in [0.717, 1.165) is 0 Å². The van der Waals surface area contributed by atoms with Crippen molar-refractivity contribution < 1.29 is 29.9 Å². The predicted molar refractivity (Wildman–Crippen MR) is 54.1 cm³/mol. The molecule has 0 aliphatic heterocycles. The van der Waals surface area contributed by atoms with Crippen LogP contribution in [0.25, 0.3) is 0 Å². The maximum absolute atomic E-state index is 10.2. The van der Waals surface area contributed by atoms with Crippen LogP contribution in [0.1, 0.15) is 10.4 Å². The average Bonchev–Trinajstić information content (AvgIpc) is 2.17. The molecule has 0 bridgehead atoms. The highest BCUT2D eigenvalue weighted by Crippen LogP contribution is 1.91. The quantitative estimate of drug-likeness (QED) is 0.265. The van der Waals surface area contributed by atoms with Crippen molar-refractivity contribution in [1.29, 1.82) is 0 Å². The lowest BCUT2D eigenvalue weighted by Gasteiger charge is -1.97. The number of carbonyl (C=O) groups excluding carboxylic acids is 1. The minimum Gasteiger partial charge on any atom is -0.423 e. The second kappa shape index (κ2) is 7.16. The molecule has 1 aromatic carbocycles. The summed E-state index contributed by atoms with van der Waals surface area (Å²) in [5, 5.41) is 38.8. The van der Waals surface area contributed by atoms with Gasteiger partial charge in [0.25, 0.3) is 0 Å². The molecule has 0 aliphatic rings. The van der Waals surface area contributed by atoms with E-state index < -0.39 is 14.4 Å². The lowest BCUT2D eigenvalue weighted by molar-refractivity contribution is 0.112. The first kappa shape index (κ1) is 13.8. The van der Waals surface area contributed by atoms with Gasteiger partial charge in [-0.15, -0.1) is 0 Å². The normalized spacial score (nSPS) is 8.60. The van der Waals surface area contributed by atoms with E-state index in [9.17, 15) is 4.79 Å². The van der Waals surface area contributed by atoms with Crippen LogP contribution in [0.4, 0.5) is 0 Å². The molecule has 0 heterocycles. The Balaban J connectivity index is 0.000000423. The van der Waals surface area contributed by atoms with E-state index in [-0.39, 0.29) is 0 Å². The van der Waals surface area contributed by atoms with E-state index in [1.807, 2.05) is 0 Å². The van der Waals surface area contributed by atoms with Crippen molar-refractivity contribution in [2.45, 2.75) is 0 Å². The van der Waals surface area contributed by atoms with Crippen molar-refractivity contribution in [1.82, 2.24) is 0 Å². The van der Waals surface area contributed by atoms with Crippen LogP contribution in [-0.2, 0) is 0 Å². The van der Waals surface area contributed by atoms with Gasteiger partial charge >= 0.3 is 14.4 Å². The zero-order valence-corrected chi connectivity index (χ0v) is 7.69. The van der Waals surface area contributed by atoms with Crippen molar-refractivity contribution in [3.05, 3.63) is 29.8 Å². The molecule has 0 fully saturated rings. The maximum atomic E-state index is 10.2. The Bertz CT molecular complexity index is 283. The zero-order chi connectivity index (χ0) is 11.8. The summed E-state index contributed by atoms with van der Waals surface area (Å²) in [5.74, 6) is 0. The molecule has 1 rings (SSSR count). The van der Waals surface area contributed by atoms with Gasteiger partial charge < -0.3 is 25.1 Å². The fourth-order valence-corrected chi connectivity index (χ4v) is 0.747. The third kappa shape index (κ3) is 6.83. The molecule has 6 nitrogen and oxygen atoms in total. The molecule has 0 spiro atoms. The highest BCUT2D eigenvalue weighted by atomic mass is 16.5. The third-order valence-corrected chi connectivity index (χ3v) is 1.37. The summed E-state index contributed by atoms with van der Waals surface area (Å²) >= 11 is 0. The van der Waals surface area contributed by atoms with Crippen LogP contribution in [-0.4, -0.2) is 45.8 Å². The smallest absolute Gasteiger partial charge is 0.423 e. The minimum atomic E-state index is -2.17. The van der Waals surface area contributed by atoms with Gasteiger partial charge in [-0.1, -0.05) is 24.3 Å². The van der Waals surface area contributed by atoms with Gasteiger partial charge in [0.05, 0.1) is 0 Å². The van der Waals surface area contributed by atoms with Gasteiger partial charge in [0.1, 0.15) is 6.29 Å². The predicted octanol–water partition coefficient (Wildman–Crippen LogP) is -2.87. The van der Waals surface area contributed by atoms with Crippen LogP contribution in [0.2, 0.25) is 0 Å². The molecule has 8 heteroatoms. The SMILES string of the molecule is O=Cc1ccc(B(O)O)cc1.OB(O)O. The van der Waals surface area contributed by atoms with Crippen LogP contribution in [0, 0.1) is 0 Å². The average molecular weight is 212 g/mol. The first-order chi connectivity index (χ1) is 6.97. The van der Waals surface area contributed by atoms with Gasteiger partial charge in [-0.2, -0.15) is 0 Å². The van der Waals surface area contributed by atoms with Crippen LogP contribution in [0.15, 0.2) is 24.3 Å². The molecular weight excluding hydrogens is 202 g/mol. The Morgan fingerprint density at radius 3 is 1.60 bits per heavy atom. The van der Waals surface area contributed by atoms with Crippen molar-refractivity contribution in [2.75, 3.05) is 0 Å². The molecule has 15 heavy (non-hydrogen) atoms. The Labute approximate surface area is 86.8 Å². The summed E-state index contributed by atoms with van der Waals surface area (Å²) in [6.45, 7) is 0. The largest absolute Gasteiger partial charge is 0.631 e. The van der Waals surface area contributed by atoms with Gasteiger partial charge in [-0.25, -0.2) is 0 Å². The standard InChI is InChI=1S/C7H7BO3.BH3O3/c9-5-6-1-3-7(4-2-6)8(10)11;2-1(3)4/h1-5,10-11H;2-4H. The van der Waals surface area contributed by atoms with Gasteiger partial charge in [0.15, 0.2) is 0 Å². The fourth-order valence-electron chi connectivity index (χ4n) is 0.747. The molecular formula is C7H10B2O6. The molecule has 0 radical (unpaired) electrons. The number of aldehydes is 1. The molecule has 80 valence electrons. The first-order valence-electron chi connectivity index (χ1n) is 3.93. The van der Waals surface area contributed by atoms with E-state index in [2.05, 4.69) is 0 Å². The topological polar surface area (TPSA) is 118 Å². The van der Waals surface area contributed by atoms with Crippen LogP contribution in [0.3, 0.4) is 0 Å². The van der Waals surface area contributed by atoms with Crippen molar-refractivity contribution in [2.24, 2.45) is 0 Å². The maximum Gasteiger partial charge on any atom is 0.631 e.